The lowest BCUT2D eigenvalue weighted by Crippen LogP contribution is -2.21. The van der Waals surface area contributed by atoms with Crippen molar-refractivity contribution in [1.82, 2.24) is 0 Å². The molecule has 1 aliphatic heterocycles. The van der Waals surface area contributed by atoms with Gasteiger partial charge < -0.3 is 13.9 Å². The van der Waals surface area contributed by atoms with Crippen molar-refractivity contribution in [3.8, 4) is 11.3 Å². The van der Waals surface area contributed by atoms with Crippen LogP contribution in [0.3, 0.4) is 0 Å². The lowest BCUT2D eigenvalue weighted by molar-refractivity contribution is -0.114. The maximum atomic E-state index is 13.1. The lowest BCUT2D eigenvalue weighted by atomic mass is 10.1. The molecule has 2 heterocycles. The molecule has 1 aromatic heterocycles. The van der Waals surface area contributed by atoms with Crippen molar-refractivity contribution in [3.05, 3.63) is 83.1 Å². The second-order valence-electron chi connectivity index (χ2n) is 8.14. The smallest absolute Gasteiger partial charge is 0.338 e. The van der Waals surface area contributed by atoms with E-state index in [1.807, 2.05) is 6.07 Å². The zero-order valence-electron chi connectivity index (χ0n) is 19.8. The number of carbonyl (C=O) groups is 3. The van der Waals surface area contributed by atoms with Gasteiger partial charge in [0.2, 0.25) is 0 Å². The average molecular weight is 472 g/mol. The van der Waals surface area contributed by atoms with Gasteiger partial charge in [-0.1, -0.05) is 12.1 Å². The first kappa shape index (κ1) is 23.7. The molecule has 0 saturated carbocycles. The van der Waals surface area contributed by atoms with E-state index in [9.17, 15) is 14.4 Å². The van der Waals surface area contributed by atoms with E-state index in [1.165, 1.54) is 12.1 Å². The van der Waals surface area contributed by atoms with Crippen LogP contribution < -0.4 is 5.01 Å². The molecule has 0 spiro atoms. The van der Waals surface area contributed by atoms with Crippen LogP contribution in [0, 0.1) is 0 Å². The van der Waals surface area contributed by atoms with Gasteiger partial charge in [-0.15, -0.1) is 0 Å². The molecule has 0 unspecified atom stereocenters. The number of benzene rings is 2. The molecule has 0 atom stereocenters. The van der Waals surface area contributed by atoms with Crippen molar-refractivity contribution in [2.75, 3.05) is 12.1 Å². The van der Waals surface area contributed by atoms with E-state index >= 15 is 0 Å². The van der Waals surface area contributed by atoms with E-state index < -0.39 is 11.9 Å². The van der Waals surface area contributed by atoms with Gasteiger partial charge in [-0.05, 0) is 75.4 Å². The highest BCUT2D eigenvalue weighted by Crippen LogP contribution is 2.28. The van der Waals surface area contributed by atoms with Crippen LogP contribution in [0.1, 0.15) is 47.2 Å². The molecule has 1 amide bonds. The Labute approximate surface area is 202 Å². The number of amides is 1. The molecule has 0 N–H and O–H groups in total. The predicted molar refractivity (Wildman–Crippen MR) is 131 cm³/mol. The van der Waals surface area contributed by atoms with Gasteiger partial charge in [0.25, 0.3) is 5.91 Å². The number of furan rings is 1. The molecule has 8 nitrogen and oxygen atoms in total. The highest BCUT2D eigenvalue weighted by molar-refractivity contribution is 6.32. The topological polar surface area (TPSA) is 98.4 Å². The van der Waals surface area contributed by atoms with E-state index in [1.54, 1.807) is 81.4 Å². The molecule has 3 aromatic rings. The van der Waals surface area contributed by atoms with E-state index in [0.717, 1.165) is 0 Å². The summed E-state index contributed by atoms with van der Waals surface area (Å²) in [6.45, 7) is 5.30. The fourth-order valence-electron chi connectivity index (χ4n) is 3.53. The van der Waals surface area contributed by atoms with Crippen LogP contribution in [0.25, 0.3) is 17.4 Å². The Hall–Kier alpha value is -4.46. The maximum Gasteiger partial charge on any atom is 0.338 e. The summed E-state index contributed by atoms with van der Waals surface area (Å²) in [5.74, 6) is -0.164. The highest BCUT2D eigenvalue weighted by Gasteiger charge is 2.29. The fourth-order valence-corrected chi connectivity index (χ4v) is 3.53. The summed E-state index contributed by atoms with van der Waals surface area (Å²) in [4.78, 5) is 36.9. The second kappa shape index (κ2) is 9.80. The predicted octanol–water partition coefficient (Wildman–Crippen LogP) is 5.10. The highest BCUT2D eigenvalue weighted by atomic mass is 16.5. The second-order valence-corrected chi connectivity index (χ2v) is 8.14. The summed E-state index contributed by atoms with van der Waals surface area (Å²) in [5, 5.41) is 5.65. The standard InChI is InChI=1S/C27H24N2O6/c1-16(2)34-27(32)18-8-10-21(11-9-18)29-25(30)23(17(3)28-29)15-22-12-13-24(35-22)19-6-5-7-20(14-19)26(31)33-4/h5-16H,1-4H3/b23-15-. The van der Waals surface area contributed by atoms with Gasteiger partial charge >= 0.3 is 11.9 Å². The summed E-state index contributed by atoms with van der Waals surface area (Å²) < 4.78 is 15.9. The summed E-state index contributed by atoms with van der Waals surface area (Å²) in [6.07, 6.45) is 1.41. The van der Waals surface area contributed by atoms with Crippen LogP contribution in [-0.2, 0) is 14.3 Å². The third-order valence-electron chi connectivity index (χ3n) is 5.23. The first-order valence-electron chi connectivity index (χ1n) is 11.0. The van der Waals surface area contributed by atoms with Crippen LogP contribution in [0.2, 0.25) is 0 Å². The van der Waals surface area contributed by atoms with Crippen LogP contribution in [0.5, 0.6) is 0 Å². The number of hydrogen-bond acceptors (Lipinski definition) is 7. The molecule has 4 rings (SSSR count). The Morgan fingerprint density at radius 2 is 1.74 bits per heavy atom. The number of rotatable bonds is 6. The van der Waals surface area contributed by atoms with Crippen LogP contribution in [-0.4, -0.2) is 36.8 Å². The van der Waals surface area contributed by atoms with Crippen LogP contribution in [0.15, 0.2) is 75.8 Å². The molecule has 1 aliphatic rings. The zero-order valence-corrected chi connectivity index (χ0v) is 19.8. The molecule has 8 heteroatoms. The molecule has 0 saturated heterocycles. The third-order valence-corrected chi connectivity index (χ3v) is 5.23. The van der Waals surface area contributed by atoms with Gasteiger partial charge in [0.15, 0.2) is 0 Å². The van der Waals surface area contributed by atoms with E-state index in [0.29, 0.717) is 45.2 Å². The summed E-state index contributed by atoms with van der Waals surface area (Å²) in [6, 6.07) is 16.9. The number of hydrogen-bond donors (Lipinski definition) is 0. The minimum Gasteiger partial charge on any atom is -0.465 e. The van der Waals surface area contributed by atoms with E-state index in [-0.39, 0.29) is 12.0 Å². The molecule has 0 radical (unpaired) electrons. The Morgan fingerprint density at radius 3 is 2.43 bits per heavy atom. The van der Waals surface area contributed by atoms with Crippen molar-refractivity contribution in [2.24, 2.45) is 5.10 Å². The minimum absolute atomic E-state index is 0.221. The van der Waals surface area contributed by atoms with Gasteiger partial charge in [-0.3, -0.25) is 4.79 Å². The van der Waals surface area contributed by atoms with Crippen LogP contribution >= 0.6 is 0 Å². The molecular formula is C27H24N2O6. The number of methoxy groups -OCH3 is 1. The van der Waals surface area contributed by atoms with Gasteiger partial charge in [0.05, 0.1) is 41.3 Å². The number of hydrazone groups is 1. The quantitative estimate of drug-likeness (QED) is 0.365. The lowest BCUT2D eigenvalue weighted by Gasteiger charge is -2.13. The molecule has 35 heavy (non-hydrogen) atoms. The van der Waals surface area contributed by atoms with Gasteiger partial charge in [0, 0.05) is 5.56 Å². The summed E-state index contributed by atoms with van der Waals surface area (Å²) >= 11 is 0. The van der Waals surface area contributed by atoms with Crippen molar-refractivity contribution >= 4 is 35.3 Å². The number of nitrogens with zero attached hydrogens (tertiary/aromatic N) is 2. The largest absolute Gasteiger partial charge is 0.465 e. The molecule has 0 bridgehead atoms. The van der Waals surface area contributed by atoms with Gasteiger partial charge in [-0.25, -0.2) is 9.59 Å². The van der Waals surface area contributed by atoms with Crippen molar-refractivity contribution in [2.45, 2.75) is 26.9 Å². The third kappa shape index (κ3) is 5.06. The average Bonchev–Trinajstić information content (AvgIpc) is 3.43. The monoisotopic (exact) mass is 472 g/mol. The number of anilines is 1. The molecule has 0 fully saturated rings. The van der Waals surface area contributed by atoms with Gasteiger partial charge in [-0.2, -0.15) is 10.1 Å². The first-order valence-corrected chi connectivity index (χ1v) is 11.0. The molecule has 2 aromatic carbocycles. The van der Waals surface area contributed by atoms with Gasteiger partial charge in [0.1, 0.15) is 11.5 Å². The number of ether oxygens (including phenoxy) is 2. The molecule has 178 valence electrons. The first-order chi connectivity index (χ1) is 16.8. The maximum absolute atomic E-state index is 13.1. The Balaban J connectivity index is 1.53. The van der Waals surface area contributed by atoms with E-state index in [2.05, 4.69) is 5.10 Å². The van der Waals surface area contributed by atoms with E-state index in [4.69, 9.17) is 13.9 Å². The van der Waals surface area contributed by atoms with Crippen molar-refractivity contribution in [1.29, 1.82) is 0 Å². The minimum atomic E-state index is -0.436. The molecule has 0 aliphatic carbocycles. The Bertz CT molecular complexity index is 1350. The Morgan fingerprint density at radius 1 is 1.00 bits per heavy atom. The normalized spacial score (nSPS) is 14.4. The van der Waals surface area contributed by atoms with Crippen LogP contribution in [0.4, 0.5) is 5.69 Å². The number of esters is 2. The fraction of sp³-hybridized carbons (Fsp3) is 0.185. The molecular weight excluding hydrogens is 448 g/mol. The van der Waals surface area contributed by atoms with Crippen molar-refractivity contribution in [3.63, 3.8) is 0 Å². The van der Waals surface area contributed by atoms with Crippen molar-refractivity contribution < 1.29 is 28.3 Å². The zero-order chi connectivity index (χ0) is 25.1. The Kier molecular flexibility index (Phi) is 6.64. The summed E-state index contributed by atoms with van der Waals surface area (Å²) in [5.41, 5.74) is 2.96. The summed E-state index contributed by atoms with van der Waals surface area (Å²) in [7, 11) is 1.33. The SMILES string of the molecule is COC(=O)c1cccc(-c2ccc(/C=C3\C(=O)N(c4ccc(C(=O)OC(C)C)cc4)N=C3C)o2)c1. The number of carbonyl (C=O) groups excluding carboxylic acids is 3.